The molecule has 0 bridgehead atoms. The third kappa shape index (κ3) is 1.55. The summed E-state index contributed by atoms with van der Waals surface area (Å²) < 4.78 is 5.55. The van der Waals surface area contributed by atoms with Crippen molar-refractivity contribution in [1.82, 2.24) is 10.3 Å². The smallest absolute Gasteiger partial charge is 0.135 e. The van der Waals surface area contributed by atoms with Crippen molar-refractivity contribution in [3.05, 3.63) is 17.8 Å². The first-order valence-corrected chi connectivity index (χ1v) is 5.51. The zero-order chi connectivity index (χ0) is 10.1. The second kappa shape index (κ2) is 3.70. The zero-order valence-electron chi connectivity index (χ0n) is 8.70. The minimum absolute atomic E-state index is 0.806. The van der Waals surface area contributed by atoms with Crippen molar-refractivity contribution < 1.29 is 4.74 Å². The normalized spacial score (nSPS) is 19.9. The summed E-state index contributed by atoms with van der Waals surface area (Å²) in [5, 5.41) is 3.35. The lowest BCUT2D eigenvalue weighted by atomic mass is 10.2. The van der Waals surface area contributed by atoms with E-state index < -0.39 is 0 Å². The average Bonchev–Trinajstić information content (AvgIpc) is 2.78. The van der Waals surface area contributed by atoms with Crippen LogP contribution in [0.2, 0.25) is 0 Å². The molecule has 1 aromatic heterocycles. The maximum atomic E-state index is 5.55. The summed E-state index contributed by atoms with van der Waals surface area (Å²) in [6, 6.07) is 1.97. The summed E-state index contributed by atoms with van der Waals surface area (Å²) in [5.41, 5.74) is 1.29. The molecule has 1 N–H and O–H groups in total. The van der Waals surface area contributed by atoms with Crippen LogP contribution in [0.25, 0.3) is 0 Å². The molecular weight excluding hydrogens is 190 g/mol. The Labute approximate surface area is 89.3 Å². The van der Waals surface area contributed by atoms with Gasteiger partial charge in [-0.1, -0.05) is 0 Å². The quantitative estimate of drug-likeness (QED) is 0.721. The fourth-order valence-corrected chi connectivity index (χ4v) is 2.25. The van der Waals surface area contributed by atoms with Crippen LogP contribution < -0.4 is 15.0 Å². The highest BCUT2D eigenvalue weighted by Gasteiger charge is 2.21. The van der Waals surface area contributed by atoms with Crippen molar-refractivity contribution >= 4 is 5.82 Å². The molecule has 3 rings (SSSR count). The number of anilines is 1. The largest absolute Gasteiger partial charge is 0.493 e. The fraction of sp³-hybridized carbons (Fsp3) is 0.545. The van der Waals surface area contributed by atoms with Gasteiger partial charge in [0.25, 0.3) is 0 Å². The Balaban J connectivity index is 1.93. The minimum atomic E-state index is 0.806. The van der Waals surface area contributed by atoms with Gasteiger partial charge < -0.3 is 15.0 Å². The number of hydrogen-bond acceptors (Lipinski definition) is 4. The molecule has 4 nitrogen and oxygen atoms in total. The van der Waals surface area contributed by atoms with E-state index in [-0.39, 0.29) is 0 Å². The maximum Gasteiger partial charge on any atom is 0.135 e. The number of nitrogens with zero attached hydrogens (tertiary/aromatic N) is 2. The molecule has 0 radical (unpaired) electrons. The number of nitrogens with one attached hydrogen (secondary N) is 1. The van der Waals surface area contributed by atoms with Crippen LogP contribution in [0.1, 0.15) is 5.56 Å². The highest BCUT2D eigenvalue weighted by Crippen LogP contribution is 2.31. The van der Waals surface area contributed by atoms with E-state index in [0.29, 0.717) is 0 Å². The predicted molar refractivity (Wildman–Crippen MR) is 58.5 cm³/mol. The number of pyridine rings is 1. The van der Waals surface area contributed by atoms with Gasteiger partial charge in [0.15, 0.2) is 0 Å². The number of hydrogen-bond donors (Lipinski definition) is 1. The second-order valence-corrected chi connectivity index (χ2v) is 3.95. The van der Waals surface area contributed by atoms with E-state index in [0.717, 1.165) is 50.8 Å². The van der Waals surface area contributed by atoms with E-state index in [1.807, 2.05) is 12.3 Å². The van der Waals surface area contributed by atoms with Crippen molar-refractivity contribution in [1.29, 1.82) is 0 Å². The van der Waals surface area contributed by atoms with Gasteiger partial charge in [0.1, 0.15) is 11.6 Å². The van der Waals surface area contributed by atoms with Gasteiger partial charge in [0.2, 0.25) is 0 Å². The van der Waals surface area contributed by atoms with E-state index in [2.05, 4.69) is 15.2 Å². The number of ether oxygens (including phenoxy) is 1. The van der Waals surface area contributed by atoms with Gasteiger partial charge >= 0.3 is 0 Å². The van der Waals surface area contributed by atoms with Crippen molar-refractivity contribution in [3.8, 4) is 5.75 Å². The standard InChI is InChI=1S/C11H15N3O/c1-3-13-11(9-2-8-15-10(1)9)14-6-4-12-5-7-14/h1,3,12H,2,4-8H2. The highest BCUT2D eigenvalue weighted by atomic mass is 16.5. The first-order valence-electron chi connectivity index (χ1n) is 5.51. The van der Waals surface area contributed by atoms with Crippen LogP contribution >= 0.6 is 0 Å². The van der Waals surface area contributed by atoms with Gasteiger partial charge in [-0.15, -0.1) is 0 Å². The SMILES string of the molecule is c1cc2c(c(N3CCNCC3)n1)CCO2. The molecule has 2 aliphatic heterocycles. The van der Waals surface area contributed by atoms with Crippen molar-refractivity contribution in [2.24, 2.45) is 0 Å². The molecule has 3 heterocycles. The molecule has 0 aromatic carbocycles. The van der Waals surface area contributed by atoms with Gasteiger partial charge in [-0.05, 0) is 6.07 Å². The van der Waals surface area contributed by atoms with Gasteiger partial charge in [-0.2, -0.15) is 0 Å². The summed E-state index contributed by atoms with van der Waals surface area (Å²) in [5.74, 6) is 2.16. The minimum Gasteiger partial charge on any atom is -0.493 e. The molecule has 1 aromatic rings. The van der Waals surface area contributed by atoms with E-state index >= 15 is 0 Å². The lowest BCUT2D eigenvalue weighted by molar-refractivity contribution is 0.356. The van der Waals surface area contributed by atoms with Crippen LogP contribution in [-0.4, -0.2) is 37.8 Å². The van der Waals surface area contributed by atoms with E-state index in [4.69, 9.17) is 4.74 Å². The Morgan fingerprint density at radius 1 is 1.33 bits per heavy atom. The van der Waals surface area contributed by atoms with Crippen LogP contribution in [-0.2, 0) is 6.42 Å². The Kier molecular flexibility index (Phi) is 2.21. The Morgan fingerprint density at radius 3 is 3.07 bits per heavy atom. The lowest BCUT2D eigenvalue weighted by Crippen LogP contribution is -2.44. The molecule has 0 amide bonds. The first-order chi connectivity index (χ1) is 7.45. The summed E-state index contributed by atoms with van der Waals surface area (Å²) >= 11 is 0. The number of fused-ring (bicyclic) bond motifs is 1. The van der Waals surface area contributed by atoms with Gasteiger partial charge in [-0.25, -0.2) is 4.98 Å². The summed E-state index contributed by atoms with van der Waals surface area (Å²) in [7, 11) is 0. The Morgan fingerprint density at radius 2 is 2.20 bits per heavy atom. The zero-order valence-corrected chi connectivity index (χ0v) is 8.70. The number of piperazine rings is 1. The van der Waals surface area contributed by atoms with Gasteiger partial charge in [-0.3, -0.25) is 0 Å². The Hall–Kier alpha value is -1.29. The van der Waals surface area contributed by atoms with Crippen molar-refractivity contribution in [2.45, 2.75) is 6.42 Å². The maximum absolute atomic E-state index is 5.55. The first kappa shape index (κ1) is 8.97. The topological polar surface area (TPSA) is 37.4 Å². The van der Waals surface area contributed by atoms with Crippen LogP contribution in [0.3, 0.4) is 0 Å². The van der Waals surface area contributed by atoms with Crippen LogP contribution in [0, 0.1) is 0 Å². The predicted octanol–water partition coefficient (Wildman–Crippen LogP) is 0.426. The van der Waals surface area contributed by atoms with E-state index in [9.17, 15) is 0 Å². The average molecular weight is 205 g/mol. The van der Waals surface area contributed by atoms with Crippen molar-refractivity contribution in [2.75, 3.05) is 37.7 Å². The third-order valence-corrected chi connectivity index (χ3v) is 3.02. The molecule has 4 heteroatoms. The molecule has 0 aliphatic carbocycles. The molecular formula is C11H15N3O. The van der Waals surface area contributed by atoms with Gasteiger partial charge in [0, 0.05) is 44.4 Å². The molecule has 1 saturated heterocycles. The monoisotopic (exact) mass is 205 g/mol. The number of aromatic nitrogens is 1. The second-order valence-electron chi connectivity index (χ2n) is 3.95. The van der Waals surface area contributed by atoms with Crippen molar-refractivity contribution in [3.63, 3.8) is 0 Å². The van der Waals surface area contributed by atoms with Crippen LogP contribution in [0.5, 0.6) is 5.75 Å². The van der Waals surface area contributed by atoms with E-state index in [1.54, 1.807) is 0 Å². The molecule has 2 aliphatic rings. The molecule has 0 atom stereocenters. The lowest BCUT2D eigenvalue weighted by Gasteiger charge is -2.29. The summed E-state index contributed by atoms with van der Waals surface area (Å²) in [6.07, 6.45) is 2.85. The van der Waals surface area contributed by atoms with Gasteiger partial charge in [0.05, 0.1) is 6.61 Å². The molecule has 0 spiro atoms. The molecule has 1 fully saturated rings. The van der Waals surface area contributed by atoms with E-state index in [1.165, 1.54) is 5.56 Å². The summed E-state index contributed by atoms with van der Waals surface area (Å²) in [6.45, 7) is 4.99. The molecule has 15 heavy (non-hydrogen) atoms. The summed E-state index contributed by atoms with van der Waals surface area (Å²) in [4.78, 5) is 6.84. The van der Waals surface area contributed by atoms with Crippen LogP contribution in [0.4, 0.5) is 5.82 Å². The van der Waals surface area contributed by atoms with Crippen LogP contribution in [0.15, 0.2) is 12.3 Å². The third-order valence-electron chi connectivity index (χ3n) is 3.02. The number of rotatable bonds is 1. The molecule has 0 saturated carbocycles. The molecule has 0 unspecified atom stereocenters. The fourth-order valence-electron chi connectivity index (χ4n) is 2.25. The Bertz CT molecular complexity index is 361. The highest BCUT2D eigenvalue weighted by molar-refractivity contribution is 5.55. The molecule has 80 valence electrons.